The normalized spacial score (nSPS) is 10.5. The first-order valence-electron chi connectivity index (χ1n) is 5.48. The summed E-state index contributed by atoms with van der Waals surface area (Å²) in [6, 6.07) is 2.02. The van der Waals surface area contributed by atoms with Crippen molar-refractivity contribution in [2.45, 2.75) is 6.54 Å². The highest BCUT2D eigenvalue weighted by atomic mass is 19.1. The maximum Gasteiger partial charge on any atom is 0.257 e. The van der Waals surface area contributed by atoms with Crippen molar-refractivity contribution in [1.29, 1.82) is 0 Å². The molecule has 1 heterocycles. The monoisotopic (exact) mass is 266 g/mol. The predicted molar refractivity (Wildman–Crippen MR) is 65.1 cm³/mol. The number of imidazole rings is 1. The largest absolute Gasteiger partial charge is 0.396 e. The molecule has 0 aliphatic rings. The van der Waals surface area contributed by atoms with Gasteiger partial charge >= 0.3 is 0 Å². The van der Waals surface area contributed by atoms with Crippen molar-refractivity contribution in [3.05, 3.63) is 47.5 Å². The summed E-state index contributed by atoms with van der Waals surface area (Å²) in [5.74, 6) is -2.32. The first-order chi connectivity index (χ1) is 9.00. The van der Waals surface area contributed by atoms with E-state index in [0.717, 1.165) is 12.1 Å². The maximum atomic E-state index is 13.6. The molecule has 0 fully saturated rings. The number of nitrogens with two attached hydrogens (primary N) is 1. The van der Waals surface area contributed by atoms with Crippen LogP contribution in [0.4, 0.5) is 14.5 Å². The number of hydrogen-bond donors (Lipinski definition) is 2. The second-order valence-electron chi connectivity index (χ2n) is 3.96. The number of carbonyl (C=O) groups is 1. The smallest absolute Gasteiger partial charge is 0.257 e. The standard InChI is InChI=1S/C12H12F2N4O/c1-18-5-4-16-9(18)6-17-12(19)10-7(13)2-3-8(15)11(10)14/h2-5H,6,15H2,1H3,(H,17,19). The molecule has 0 spiro atoms. The Morgan fingerprint density at radius 3 is 2.84 bits per heavy atom. The lowest BCUT2D eigenvalue weighted by molar-refractivity contribution is 0.0941. The molecule has 0 saturated carbocycles. The predicted octanol–water partition coefficient (Wildman–Crippen LogP) is 1.21. The van der Waals surface area contributed by atoms with Crippen LogP contribution in [0.5, 0.6) is 0 Å². The summed E-state index contributed by atoms with van der Waals surface area (Å²) in [5.41, 5.74) is 4.34. The molecule has 0 aliphatic heterocycles. The van der Waals surface area contributed by atoms with Crippen LogP contribution in [0, 0.1) is 11.6 Å². The number of benzene rings is 1. The molecule has 5 nitrogen and oxygen atoms in total. The Kier molecular flexibility index (Phi) is 3.46. The van der Waals surface area contributed by atoms with E-state index in [-0.39, 0.29) is 12.2 Å². The van der Waals surface area contributed by atoms with Gasteiger partial charge in [-0.25, -0.2) is 13.8 Å². The molecule has 0 unspecified atom stereocenters. The highest BCUT2D eigenvalue weighted by Gasteiger charge is 2.19. The Balaban J connectivity index is 2.17. The van der Waals surface area contributed by atoms with Gasteiger partial charge in [0.05, 0.1) is 12.2 Å². The molecule has 1 amide bonds. The van der Waals surface area contributed by atoms with E-state index in [4.69, 9.17) is 5.73 Å². The number of carbonyl (C=O) groups excluding carboxylic acids is 1. The van der Waals surface area contributed by atoms with Crippen LogP contribution in [0.3, 0.4) is 0 Å². The summed E-state index contributed by atoms with van der Waals surface area (Å²) in [4.78, 5) is 15.7. The fourth-order valence-electron chi connectivity index (χ4n) is 1.59. The number of hydrogen-bond acceptors (Lipinski definition) is 3. The zero-order chi connectivity index (χ0) is 14.0. The minimum Gasteiger partial charge on any atom is -0.396 e. The SMILES string of the molecule is Cn1ccnc1CNC(=O)c1c(F)ccc(N)c1F. The summed E-state index contributed by atoms with van der Waals surface area (Å²) in [6.07, 6.45) is 3.26. The van der Waals surface area contributed by atoms with Crippen molar-refractivity contribution in [2.24, 2.45) is 7.05 Å². The van der Waals surface area contributed by atoms with Gasteiger partial charge in [-0.3, -0.25) is 4.79 Å². The van der Waals surface area contributed by atoms with E-state index in [2.05, 4.69) is 10.3 Å². The van der Waals surface area contributed by atoms with Crippen molar-refractivity contribution in [3.63, 3.8) is 0 Å². The van der Waals surface area contributed by atoms with Crippen molar-refractivity contribution in [1.82, 2.24) is 14.9 Å². The molecule has 1 aromatic heterocycles. The highest BCUT2D eigenvalue weighted by Crippen LogP contribution is 2.18. The second-order valence-corrected chi connectivity index (χ2v) is 3.96. The first kappa shape index (κ1) is 13.0. The Hall–Kier alpha value is -2.44. The quantitative estimate of drug-likeness (QED) is 0.820. The summed E-state index contributed by atoms with van der Waals surface area (Å²) < 4.78 is 28.7. The molecule has 0 atom stereocenters. The number of anilines is 1. The summed E-state index contributed by atoms with van der Waals surface area (Å²) >= 11 is 0. The van der Waals surface area contributed by atoms with Crippen LogP contribution in [0.2, 0.25) is 0 Å². The third-order valence-corrected chi connectivity index (χ3v) is 2.68. The van der Waals surface area contributed by atoms with E-state index in [1.54, 1.807) is 24.0 Å². The second kappa shape index (κ2) is 5.05. The minimum atomic E-state index is -1.06. The van der Waals surface area contributed by atoms with Gasteiger partial charge in [0.2, 0.25) is 0 Å². The topological polar surface area (TPSA) is 72.9 Å². The molecule has 0 radical (unpaired) electrons. The molecule has 2 aromatic rings. The number of aryl methyl sites for hydroxylation is 1. The van der Waals surface area contributed by atoms with Gasteiger partial charge in [0, 0.05) is 19.4 Å². The van der Waals surface area contributed by atoms with Crippen molar-refractivity contribution < 1.29 is 13.6 Å². The number of nitrogen functional groups attached to an aromatic ring is 1. The summed E-state index contributed by atoms with van der Waals surface area (Å²) in [5, 5.41) is 2.39. The number of aromatic nitrogens is 2. The van der Waals surface area contributed by atoms with E-state index in [1.165, 1.54) is 0 Å². The van der Waals surface area contributed by atoms with E-state index >= 15 is 0 Å². The molecule has 0 saturated heterocycles. The van der Waals surface area contributed by atoms with Gasteiger partial charge in [0.25, 0.3) is 5.91 Å². The third-order valence-electron chi connectivity index (χ3n) is 2.68. The van der Waals surface area contributed by atoms with Crippen LogP contribution < -0.4 is 11.1 Å². The minimum absolute atomic E-state index is 0.0655. The lowest BCUT2D eigenvalue weighted by Gasteiger charge is -2.08. The molecule has 7 heteroatoms. The molecule has 100 valence electrons. The third kappa shape index (κ3) is 2.54. The number of rotatable bonds is 3. The zero-order valence-electron chi connectivity index (χ0n) is 10.2. The molecule has 1 aromatic carbocycles. The van der Waals surface area contributed by atoms with Crippen LogP contribution in [0.1, 0.15) is 16.2 Å². The average Bonchev–Trinajstić information content (AvgIpc) is 2.77. The summed E-state index contributed by atoms with van der Waals surface area (Å²) in [7, 11) is 1.75. The van der Waals surface area contributed by atoms with Crippen LogP contribution in [-0.4, -0.2) is 15.5 Å². The van der Waals surface area contributed by atoms with Crippen molar-refractivity contribution in [2.75, 3.05) is 5.73 Å². The Bertz CT molecular complexity index is 624. The Morgan fingerprint density at radius 1 is 1.47 bits per heavy atom. The highest BCUT2D eigenvalue weighted by molar-refractivity contribution is 5.95. The van der Waals surface area contributed by atoms with Crippen LogP contribution in [0.15, 0.2) is 24.5 Å². The van der Waals surface area contributed by atoms with Gasteiger partial charge in [-0.05, 0) is 12.1 Å². The van der Waals surface area contributed by atoms with E-state index in [9.17, 15) is 13.6 Å². The number of halogens is 2. The number of nitrogens with zero attached hydrogens (tertiary/aromatic N) is 2. The van der Waals surface area contributed by atoms with Crippen LogP contribution in [0.25, 0.3) is 0 Å². The molecule has 2 rings (SSSR count). The van der Waals surface area contributed by atoms with Gasteiger partial charge in [-0.15, -0.1) is 0 Å². The van der Waals surface area contributed by atoms with E-state index in [1.807, 2.05) is 0 Å². The first-order valence-corrected chi connectivity index (χ1v) is 5.48. The average molecular weight is 266 g/mol. The molecule has 19 heavy (non-hydrogen) atoms. The molecular weight excluding hydrogens is 254 g/mol. The number of amides is 1. The Morgan fingerprint density at radius 2 is 2.21 bits per heavy atom. The molecule has 3 N–H and O–H groups in total. The van der Waals surface area contributed by atoms with Gasteiger partial charge in [-0.1, -0.05) is 0 Å². The fourth-order valence-corrected chi connectivity index (χ4v) is 1.59. The van der Waals surface area contributed by atoms with Gasteiger partial charge in [-0.2, -0.15) is 0 Å². The Labute approximate surface area is 108 Å². The molecule has 0 aliphatic carbocycles. The lowest BCUT2D eigenvalue weighted by Crippen LogP contribution is -2.26. The molecule has 0 bridgehead atoms. The van der Waals surface area contributed by atoms with E-state index in [0.29, 0.717) is 5.82 Å². The van der Waals surface area contributed by atoms with Gasteiger partial charge in [0.1, 0.15) is 17.2 Å². The lowest BCUT2D eigenvalue weighted by atomic mass is 10.1. The zero-order valence-corrected chi connectivity index (χ0v) is 10.2. The number of nitrogens with one attached hydrogen (secondary N) is 1. The van der Waals surface area contributed by atoms with E-state index < -0.39 is 23.1 Å². The fraction of sp³-hybridized carbons (Fsp3) is 0.167. The van der Waals surface area contributed by atoms with Gasteiger partial charge < -0.3 is 15.6 Å². The van der Waals surface area contributed by atoms with Crippen LogP contribution >= 0.6 is 0 Å². The van der Waals surface area contributed by atoms with Crippen LogP contribution in [-0.2, 0) is 13.6 Å². The van der Waals surface area contributed by atoms with Crippen molar-refractivity contribution in [3.8, 4) is 0 Å². The maximum absolute atomic E-state index is 13.6. The summed E-state index contributed by atoms with van der Waals surface area (Å²) in [6.45, 7) is 0.0655. The van der Waals surface area contributed by atoms with Crippen molar-refractivity contribution >= 4 is 11.6 Å². The van der Waals surface area contributed by atoms with Gasteiger partial charge in [0.15, 0.2) is 5.82 Å². The molecular formula is C12H12F2N4O.